The van der Waals surface area contributed by atoms with E-state index < -0.39 is 90.9 Å². The highest BCUT2D eigenvalue weighted by Gasteiger charge is 2.38. The number of nitrogens with one attached hydrogen (secondary N) is 5. The normalized spacial score (nSPS) is 14.8. The van der Waals surface area contributed by atoms with Crippen LogP contribution >= 0.6 is 0 Å². The van der Waals surface area contributed by atoms with Gasteiger partial charge in [0.05, 0.1) is 19.2 Å². The summed E-state index contributed by atoms with van der Waals surface area (Å²) in [6, 6.07) is -5.18. The standard InChI is InChI=1S/C28H54N8O7.C2HF3O2/c1-7-17(6)23(28(43)34-19(12-15(2)3)26(41)35-20(14-37)24(31)39)36-21(38)13-32-25(40)18(10-8-9-11-29)33-27(42)22(30)16(4)5;3-2(4,5)1(6)7/h15-20,22-23,37H,7-14,29-30H2,1-6H3,(H2,31,39)(H,32,40)(H,33,42)(H,34,43)(H,35,41)(H,36,38);(H,6,7)/t17-,18-,19-,20-,22-,23-;/m0./s1. The van der Waals surface area contributed by atoms with Gasteiger partial charge >= 0.3 is 12.1 Å². The predicted octanol–water partition coefficient (Wildman–Crippen LogP) is -1.64. The summed E-state index contributed by atoms with van der Waals surface area (Å²) in [5.41, 5.74) is 16.7. The average Bonchev–Trinajstić information content (AvgIpc) is 3.02. The van der Waals surface area contributed by atoms with Crippen molar-refractivity contribution < 1.29 is 56.9 Å². The number of aliphatic hydroxyl groups is 1. The Morgan fingerprint density at radius 3 is 1.72 bits per heavy atom. The zero-order valence-corrected chi connectivity index (χ0v) is 29.4. The van der Waals surface area contributed by atoms with Crippen LogP contribution in [0.25, 0.3) is 0 Å². The number of unbranched alkanes of at least 4 members (excludes halogenated alkanes) is 1. The second kappa shape index (κ2) is 24.2. The van der Waals surface area contributed by atoms with E-state index >= 15 is 0 Å². The molecule has 0 fully saturated rings. The molecule has 0 aliphatic rings. The van der Waals surface area contributed by atoms with E-state index in [9.17, 15) is 47.0 Å². The Morgan fingerprint density at radius 1 is 0.780 bits per heavy atom. The van der Waals surface area contributed by atoms with Gasteiger partial charge in [-0.3, -0.25) is 28.8 Å². The van der Waals surface area contributed by atoms with Crippen LogP contribution in [-0.2, 0) is 33.6 Å². The zero-order chi connectivity index (χ0) is 39.4. The van der Waals surface area contributed by atoms with Crippen LogP contribution in [0.3, 0.4) is 0 Å². The topological polar surface area (TPSA) is 298 Å². The number of amides is 6. The number of carbonyl (C=O) groups excluding carboxylic acids is 6. The molecular formula is C30H55F3N8O9. The van der Waals surface area contributed by atoms with Crippen LogP contribution in [0.15, 0.2) is 0 Å². The lowest BCUT2D eigenvalue weighted by atomic mass is 9.96. The molecule has 0 spiro atoms. The number of rotatable bonds is 21. The van der Waals surface area contributed by atoms with Crippen molar-refractivity contribution in [1.29, 1.82) is 0 Å². The van der Waals surface area contributed by atoms with Crippen LogP contribution in [0.4, 0.5) is 13.2 Å². The first kappa shape index (κ1) is 48.1. The van der Waals surface area contributed by atoms with Gasteiger partial charge in [0, 0.05) is 0 Å². The SMILES string of the molecule is CC[C@H](C)[C@H](NC(=O)CNC(=O)[C@H](CCCCN)NC(=O)[C@@H](N)C(C)C)C(=O)N[C@@H](CC(C)C)C(=O)N[C@@H](CO)C(N)=O.O=C(O)C(F)(F)F. The number of aliphatic hydroxyl groups excluding tert-OH is 1. The molecule has 6 amide bonds. The molecule has 50 heavy (non-hydrogen) atoms. The molecule has 20 heteroatoms. The lowest BCUT2D eigenvalue weighted by Crippen LogP contribution is -2.59. The van der Waals surface area contributed by atoms with Crippen molar-refractivity contribution in [3.8, 4) is 0 Å². The van der Waals surface area contributed by atoms with E-state index in [1.807, 2.05) is 20.8 Å². The molecule has 0 bridgehead atoms. The number of primary amides is 1. The lowest BCUT2D eigenvalue weighted by molar-refractivity contribution is -0.192. The molecule has 0 aromatic carbocycles. The van der Waals surface area contributed by atoms with Gasteiger partial charge in [0.2, 0.25) is 35.4 Å². The number of carbonyl (C=O) groups is 7. The third kappa shape index (κ3) is 19.8. The summed E-state index contributed by atoms with van der Waals surface area (Å²) in [4.78, 5) is 84.7. The lowest BCUT2D eigenvalue weighted by Gasteiger charge is -2.28. The Morgan fingerprint density at radius 2 is 1.30 bits per heavy atom. The minimum atomic E-state index is -5.08. The number of carboxylic acids is 1. The second-order valence-corrected chi connectivity index (χ2v) is 12.4. The van der Waals surface area contributed by atoms with Gasteiger partial charge in [-0.2, -0.15) is 13.2 Å². The Balaban J connectivity index is 0. The van der Waals surface area contributed by atoms with Crippen molar-refractivity contribution in [2.24, 2.45) is 35.0 Å². The maximum absolute atomic E-state index is 13.3. The van der Waals surface area contributed by atoms with Crippen molar-refractivity contribution >= 4 is 41.4 Å². The quantitative estimate of drug-likeness (QED) is 0.0598. The number of alkyl halides is 3. The smallest absolute Gasteiger partial charge is 0.475 e. The molecule has 0 heterocycles. The molecule has 0 saturated heterocycles. The third-order valence-electron chi connectivity index (χ3n) is 7.26. The van der Waals surface area contributed by atoms with Crippen molar-refractivity contribution in [2.45, 2.75) is 110 Å². The van der Waals surface area contributed by atoms with E-state index in [2.05, 4.69) is 26.6 Å². The van der Waals surface area contributed by atoms with E-state index in [0.29, 0.717) is 32.2 Å². The van der Waals surface area contributed by atoms with Gasteiger partial charge in [0.1, 0.15) is 24.2 Å². The molecule has 290 valence electrons. The van der Waals surface area contributed by atoms with Crippen LogP contribution in [0.2, 0.25) is 0 Å². The maximum Gasteiger partial charge on any atom is 0.490 e. The first-order valence-electron chi connectivity index (χ1n) is 16.2. The van der Waals surface area contributed by atoms with Crippen LogP contribution in [0.5, 0.6) is 0 Å². The van der Waals surface area contributed by atoms with Gasteiger partial charge < -0.3 is 54.0 Å². The molecule has 0 aliphatic heterocycles. The fourth-order valence-corrected chi connectivity index (χ4v) is 3.99. The zero-order valence-electron chi connectivity index (χ0n) is 29.4. The van der Waals surface area contributed by atoms with Crippen LogP contribution in [0, 0.1) is 17.8 Å². The summed E-state index contributed by atoms with van der Waals surface area (Å²) in [6.07, 6.45) is -2.86. The Labute approximate surface area is 289 Å². The molecule has 0 aromatic heterocycles. The van der Waals surface area contributed by atoms with Gasteiger partial charge in [-0.25, -0.2) is 4.79 Å². The number of hydrogen-bond donors (Lipinski definition) is 10. The van der Waals surface area contributed by atoms with E-state index in [1.165, 1.54) is 0 Å². The summed E-state index contributed by atoms with van der Waals surface area (Å²) in [5, 5.41) is 29.2. The third-order valence-corrected chi connectivity index (χ3v) is 7.26. The number of halogens is 3. The number of nitrogens with two attached hydrogens (primary N) is 3. The first-order chi connectivity index (χ1) is 23.0. The molecule has 6 atom stereocenters. The fraction of sp³-hybridized carbons (Fsp3) is 0.767. The van der Waals surface area contributed by atoms with Crippen molar-refractivity contribution in [1.82, 2.24) is 26.6 Å². The van der Waals surface area contributed by atoms with Crippen LogP contribution in [0.1, 0.15) is 73.6 Å². The second-order valence-electron chi connectivity index (χ2n) is 12.4. The Bertz CT molecular complexity index is 1130. The maximum atomic E-state index is 13.3. The highest BCUT2D eigenvalue weighted by atomic mass is 19.4. The minimum absolute atomic E-state index is 0.0302. The highest BCUT2D eigenvalue weighted by Crippen LogP contribution is 2.13. The fourth-order valence-electron chi connectivity index (χ4n) is 3.99. The Kier molecular flexibility index (Phi) is 23.2. The highest BCUT2D eigenvalue weighted by molar-refractivity contribution is 5.95. The molecule has 0 unspecified atom stereocenters. The van der Waals surface area contributed by atoms with Crippen molar-refractivity contribution in [3.63, 3.8) is 0 Å². The molecule has 0 rings (SSSR count). The number of hydrogen-bond acceptors (Lipinski definition) is 10. The van der Waals surface area contributed by atoms with Gasteiger partial charge in [-0.15, -0.1) is 0 Å². The molecule has 0 aromatic rings. The van der Waals surface area contributed by atoms with E-state index in [4.69, 9.17) is 27.1 Å². The van der Waals surface area contributed by atoms with E-state index in [0.717, 1.165) is 0 Å². The first-order valence-corrected chi connectivity index (χ1v) is 16.2. The molecule has 0 aliphatic carbocycles. The van der Waals surface area contributed by atoms with Crippen molar-refractivity contribution in [2.75, 3.05) is 19.7 Å². The molecule has 17 nitrogen and oxygen atoms in total. The van der Waals surface area contributed by atoms with Gasteiger partial charge in [0.15, 0.2) is 0 Å². The van der Waals surface area contributed by atoms with Gasteiger partial charge in [-0.05, 0) is 50.0 Å². The molecular weight excluding hydrogens is 673 g/mol. The van der Waals surface area contributed by atoms with E-state index in [-0.39, 0.29) is 24.2 Å². The van der Waals surface area contributed by atoms with E-state index in [1.54, 1.807) is 20.8 Å². The van der Waals surface area contributed by atoms with Crippen LogP contribution in [-0.4, -0.2) is 108 Å². The predicted molar refractivity (Wildman–Crippen MR) is 175 cm³/mol. The minimum Gasteiger partial charge on any atom is -0.475 e. The molecule has 13 N–H and O–H groups in total. The summed E-state index contributed by atoms with van der Waals surface area (Å²) < 4.78 is 31.7. The summed E-state index contributed by atoms with van der Waals surface area (Å²) in [6.45, 7) is 10.1. The molecule has 0 radical (unpaired) electrons. The average molecular weight is 729 g/mol. The summed E-state index contributed by atoms with van der Waals surface area (Å²) >= 11 is 0. The summed E-state index contributed by atoms with van der Waals surface area (Å²) in [5.74, 6) is -7.27. The van der Waals surface area contributed by atoms with Crippen LogP contribution < -0.4 is 43.8 Å². The monoisotopic (exact) mass is 728 g/mol. The van der Waals surface area contributed by atoms with Gasteiger partial charge in [-0.1, -0.05) is 48.0 Å². The number of aliphatic carboxylic acids is 1. The molecule has 0 saturated carbocycles. The largest absolute Gasteiger partial charge is 0.490 e. The van der Waals surface area contributed by atoms with Gasteiger partial charge in [0.25, 0.3) is 0 Å². The Hall–Kier alpha value is -4.04. The van der Waals surface area contributed by atoms with Crippen molar-refractivity contribution in [3.05, 3.63) is 0 Å². The summed E-state index contributed by atoms with van der Waals surface area (Å²) in [7, 11) is 0. The number of carboxylic acid groups (broad SMARTS) is 1.